The zero-order valence-electron chi connectivity index (χ0n) is 9.53. The number of halogens is 1. The Balaban J connectivity index is 3.27. The van der Waals surface area contributed by atoms with Crippen LogP contribution in [-0.2, 0) is 4.79 Å². The van der Waals surface area contributed by atoms with Crippen LogP contribution in [-0.4, -0.2) is 33.4 Å². The molecule has 1 rings (SSSR count). The summed E-state index contributed by atoms with van der Waals surface area (Å²) in [6.07, 6.45) is 0. The first-order valence-electron chi connectivity index (χ1n) is 4.86. The second-order valence-corrected chi connectivity index (χ2v) is 4.21. The number of nitro groups is 2. The molecule has 0 aliphatic heterocycles. The van der Waals surface area contributed by atoms with Gasteiger partial charge in [0, 0.05) is 12.1 Å². The predicted octanol–water partition coefficient (Wildman–Crippen LogP) is 1.08. The molecule has 0 fully saturated rings. The molecule has 0 spiro atoms. The van der Waals surface area contributed by atoms with E-state index in [4.69, 9.17) is 5.11 Å². The molecule has 106 valence electrons. The summed E-state index contributed by atoms with van der Waals surface area (Å²) in [5.41, 5.74) is -1.72. The van der Waals surface area contributed by atoms with Gasteiger partial charge in [-0.25, -0.2) is 0 Å². The fourth-order valence-electron chi connectivity index (χ4n) is 1.25. The zero-order chi connectivity index (χ0) is 15.4. The van der Waals surface area contributed by atoms with Gasteiger partial charge in [-0.2, -0.15) is 0 Å². The highest BCUT2D eigenvalue weighted by Gasteiger charge is 2.26. The molecule has 0 radical (unpaired) electrons. The van der Waals surface area contributed by atoms with Crippen molar-refractivity contribution in [2.24, 2.45) is 0 Å². The van der Waals surface area contributed by atoms with E-state index in [2.05, 4.69) is 15.9 Å². The molecule has 10 nitrogen and oxygen atoms in total. The van der Waals surface area contributed by atoms with Crippen LogP contribution in [0, 0.1) is 20.2 Å². The van der Waals surface area contributed by atoms with Crippen LogP contribution in [0.1, 0.15) is 10.4 Å². The van der Waals surface area contributed by atoms with Gasteiger partial charge < -0.3 is 10.4 Å². The van der Waals surface area contributed by atoms with E-state index in [1.807, 2.05) is 5.32 Å². The first-order chi connectivity index (χ1) is 9.23. The third-order valence-electron chi connectivity index (χ3n) is 2.09. The van der Waals surface area contributed by atoms with E-state index in [1.54, 1.807) is 0 Å². The second kappa shape index (κ2) is 6.06. The van der Waals surface area contributed by atoms with Gasteiger partial charge in [0.25, 0.3) is 17.3 Å². The number of rotatable bonds is 5. The minimum Gasteiger partial charge on any atom is -0.480 e. The summed E-state index contributed by atoms with van der Waals surface area (Å²) < 4.78 is -0.373. The number of carbonyl (C=O) groups excluding carboxylic acids is 1. The standard InChI is InChI=1S/C9H6BrN3O7/c10-8-5(12(17)18)1-4(2-6(8)13(19)20)9(16)11-3-7(14)15/h1-2H,3H2,(H,11,16)(H,14,15). The van der Waals surface area contributed by atoms with E-state index in [0.29, 0.717) is 0 Å². The van der Waals surface area contributed by atoms with Crippen molar-refractivity contribution in [3.05, 3.63) is 42.4 Å². The Morgan fingerprint density at radius 2 is 1.65 bits per heavy atom. The van der Waals surface area contributed by atoms with Crippen molar-refractivity contribution >= 4 is 39.2 Å². The summed E-state index contributed by atoms with van der Waals surface area (Å²) in [5.74, 6) is -2.29. The number of hydrogen-bond donors (Lipinski definition) is 2. The summed E-state index contributed by atoms with van der Waals surface area (Å²) in [4.78, 5) is 41.6. The molecule has 0 unspecified atom stereocenters. The number of amides is 1. The van der Waals surface area contributed by atoms with E-state index in [0.717, 1.165) is 12.1 Å². The molecule has 0 aromatic heterocycles. The Morgan fingerprint density at radius 3 is 2.00 bits per heavy atom. The monoisotopic (exact) mass is 347 g/mol. The molecule has 11 heteroatoms. The second-order valence-electron chi connectivity index (χ2n) is 3.42. The average Bonchev–Trinajstić information content (AvgIpc) is 2.35. The van der Waals surface area contributed by atoms with Gasteiger partial charge in [0.1, 0.15) is 6.54 Å². The van der Waals surface area contributed by atoms with Crippen molar-refractivity contribution < 1.29 is 24.5 Å². The molecule has 0 saturated heterocycles. The summed E-state index contributed by atoms with van der Waals surface area (Å²) >= 11 is 2.72. The Hall–Kier alpha value is -2.56. The van der Waals surface area contributed by atoms with E-state index >= 15 is 0 Å². The fourth-order valence-corrected chi connectivity index (χ4v) is 1.77. The van der Waals surface area contributed by atoms with Crippen molar-refractivity contribution in [3.8, 4) is 0 Å². The van der Waals surface area contributed by atoms with Crippen LogP contribution in [0.2, 0.25) is 0 Å². The molecule has 0 heterocycles. The molecule has 1 aromatic carbocycles. The largest absolute Gasteiger partial charge is 0.480 e. The lowest BCUT2D eigenvalue weighted by Crippen LogP contribution is -2.29. The van der Waals surface area contributed by atoms with E-state index in [-0.39, 0.29) is 10.0 Å². The van der Waals surface area contributed by atoms with Gasteiger partial charge in [0.15, 0.2) is 4.47 Å². The molecule has 1 aromatic rings. The van der Waals surface area contributed by atoms with Crippen LogP contribution < -0.4 is 5.32 Å². The molecule has 0 aliphatic rings. The topological polar surface area (TPSA) is 153 Å². The molecule has 20 heavy (non-hydrogen) atoms. The van der Waals surface area contributed by atoms with Gasteiger partial charge >= 0.3 is 5.97 Å². The zero-order valence-corrected chi connectivity index (χ0v) is 11.1. The maximum absolute atomic E-state index is 11.6. The third kappa shape index (κ3) is 3.47. The van der Waals surface area contributed by atoms with Gasteiger partial charge in [-0.05, 0) is 15.9 Å². The van der Waals surface area contributed by atoms with Crippen molar-refractivity contribution in [3.63, 3.8) is 0 Å². The Bertz CT molecular complexity index is 581. The van der Waals surface area contributed by atoms with Crippen LogP contribution in [0.25, 0.3) is 0 Å². The number of nitro benzene ring substituents is 2. The highest BCUT2D eigenvalue weighted by atomic mass is 79.9. The Morgan fingerprint density at radius 1 is 1.20 bits per heavy atom. The minimum absolute atomic E-state index is 0.373. The Labute approximate surface area is 118 Å². The summed E-state index contributed by atoms with van der Waals surface area (Å²) in [6.45, 7) is -0.712. The molecule has 0 atom stereocenters. The number of aliphatic carboxylic acids is 1. The number of nitrogens with zero attached hydrogens (tertiary/aromatic N) is 2. The smallest absolute Gasteiger partial charge is 0.322 e. The quantitative estimate of drug-likeness (QED) is 0.596. The first-order valence-corrected chi connectivity index (χ1v) is 5.65. The van der Waals surface area contributed by atoms with Gasteiger partial charge in [0.2, 0.25) is 0 Å². The van der Waals surface area contributed by atoms with Crippen LogP contribution in [0.4, 0.5) is 11.4 Å². The van der Waals surface area contributed by atoms with Crippen LogP contribution in [0.3, 0.4) is 0 Å². The molecule has 0 saturated carbocycles. The molecular weight excluding hydrogens is 342 g/mol. The van der Waals surface area contributed by atoms with Crippen LogP contribution >= 0.6 is 15.9 Å². The lowest BCUT2D eigenvalue weighted by molar-refractivity contribution is -0.395. The molecule has 1 amide bonds. The van der Waals surface area contributed by atoms with Crippen molar-refractivity contribution in [2.45, 2.75) is 0 Å². The average molecular weight is 348 g/mol. The number of carboxylic acid groups (broad SMARTS) is 1. The van der Waals surface area contributed by atoms with Gasteiger partial charge in [-0.15, -0.1) is 0 Å². The van der Waals surface area contributed by atoms with E-state index in [1.165, 1.54) is 0 Å². The number of carboxylic acids is 1. The van der Waals surface area contributed by atoms with Gasteiger partial charge in [0.05, 0.1) is 15.4 Å². The summed E-state index contributed by atoms with van der Waals surface area (Å²) in [6, 6.07) is 1.63. The normalized spacial score (nSPS) is 9.85. The number of carbonyl (C=O) groups is 2. The van der Waals surface area contributed by atoms with Crippen LogP contribution in [0.15, 0.2) is 16.6 Å². The highest BCUT2D eigenvalue weighted by molar-refractivity contribution is 9.10. The van der Waals surface area contributed by atoms with Gasteiger partial charge in [-0.1, -0.05) is 0 Å². The number of nitrogens with one attached hydrogen (secondary N) is 1. The van der Waals surface area contributed by atoms with Gasteiger partial charge in [-0.3, -0.25) is 29.8 Å². The fraction of sp³-hybridized carbons (Fsp3) is 0.111. The molecule has 0 bridgehead atoms. The summed E-state index contributed by atoms with van der Waals surface area (Å²) in [5, 5.41) is 31.9. The number of hydrogen-bond acceptors (Lipinski definition) is 6. The van der Waals surface area contributed by atoms with Crippen molar-refractivity contribution in [2.75, 3.05) is 6.54 Å². The highest BCUT2D eigenvalue weighted by Crippen LogP contribution is 2.35. The lowest BCUT2D eigenvalue weighted by atomic mass is 10.1. The minimum atomic E-state index is -1.32. The summed E-state index contributed by atoms with van der Waals surface area (Å²) in [7, 11) is 0. The van der Waals surface area contributed by atoms with E-state index < -0.39 is 39.6 Å². The molecular formula is C9H6BrN3O7. The SMILES string of the molecule is O=C(O)CNC(=O)c1cc([N+](=O)[O-])c(Br)c([N+](=O)[O-])c1. The maximum atomic E-state index is 11.6. The van der Waals surface area contributed by atoms with Crippen LogP contribution in [0.5, 0.6) is 0 Å². The first kappa shape index (κ1) is 15.5. The van der Waals surface area contributed by atoms with E-state index in [9.17, 15) is 29.8 Å². The maximum Gasteiger partial charge on any atom is 0.322 e. The predicted molar refractivity (Wildman–Crippen MR) is 67.4 cm³/mol. The number of benzene rings is 1. The van der Waals surface area contributed by atoms with Crippen molar-refractivity contribution in [1.82, 2.24) is 5.32 Å². The van der Waals surface area contributed by atoms with Crippen molar-refractivity contribution in [1.29, 1.82) is 0 Å². The molecule has 2 N–H and O–H groups in total. The Kier molecular flexibility index (Phi) is 4.69. The lowest BCUT2D eigenvalue weighted by Gasteiger charge is -2.04. The third-order valence-corrected chi connectivity index (χ3v) is 2.90. The molecule has 0 aliphatic carbocycles.